The molecule has 0 bridgehead atoms. The van der Waals surface area contributed by atoms with Crippen molar-refractivity contribution in [3.8, 4) is 0 Å². The molecular weight excluding hydrogens is 202 g/mol. The molecule has 15 heavy (non-hydrogen) atoms. The molecule has 3 heteroatoms. The lowest BCUT2D eigenvalue weighted by atomic mass is 10.2. The fraction of sp³-hybridized carbons (Fsp3) is 0.750. The highest BCUT2D eigenvalue weighted by Crippen LogP contribution is 2.37. The van der Waals surface area contributed by atoms with Crippen LogP contribution in [-0.2, 0) is 4.43 Å². The van der Waals surface area contributed by atoms with Crippen molar-refractivity contribution in [2.45, 2.75) is 51.9 Å². The molecule has 0 amide bonds. The van der Waals surface area contributed by atoms with E-state index >= 15 is 0 Å². The van der Waals surface area contributed by atoms with Gasteiger partial charge in [0.1, 0.15) is 0 Å². The molecule has 88 valence electrons. The van der Waals surface area contributed by atoms with E-state index in [0.29, 0.717) is 6.54 Å². The van der Waals surface area contributed by atoms with Gasteiger partial charge in [-0.2, -0.15) is 0 Å². The van der Waals surface area contributed by atoms with Crippen LogP contribution in [-0.4, -0.2) is 27.2 Å². The zero-order valence-electron chi connectivity index (χ0n) is 11.0. The summed E-state index contributed by atoms with van der Waals surface area (Å²) >= 11 is 0. The summed E-state index contributed by atoms with van der Waals surface area (Å²) in [6, 6.07) is 0. The van der Waals surface area contributed by atoms with E-state index in [1.165, 1.54) is 0 Å². The first-order valence-electron chi connectivity index (χ1n) is 5.49. The SMILES string of the molecule is C=CCN=C[C@H](C)O[Si](C)(C)C(C)(C)C. The number of hydrogen-bond donors (Lipinski definition) is 0. The molecule has 0 heterocycles. The third-order valence-electron chi connectivity index (χ3n) is 2.84. The van der Waals surface area contributed by atoms with Crippen LogP contribution in [0.1, 0.15) is 27.7 Å². The summed E-state index contributed by atoms with van der Waals surface area (Å²) in [4.78, 5) is 4.21. The maximum Gasteiger partial charge on any atom is 0.192 e. The van der Waals surface area contributed by atoms with E-state index in [1.807, 2.05) is 13.1 Å². The van der Waals surface area contributed by atoms with E-state index in [4.69, 9.17) is 4.43 Å². The average molecular weight is 227 g/mol. The second kappa shape index (κ2) is 5.61. The van der Waals surface area contributed by atoms with Gasteiger partial charge in [-0.05, 0) is 25.1 Å². The largest absolute Gasteiger partial charge is 0.409 e. The quantitative estimate of drug-likeness (QED) is 0.399. The first-order chi connectivity index (χ1) is 6.70. The molecule has 0 aromatic rings. The van der Waals surface area contributed by atoms with Crippen LogP contribution in [0, 0.1) is 0 Å². The van der Waals surface area contributed by atoms with Crippen LogP contribution in [0.4, 0.5) is 0 Å². The van der Waals surface area contributed by atoms with Crippen LogP contribution in [0.3, 0.4) is 0 Å². The number of aliphatic imine (C=N–C) groups is 1. The second-order valence-corrected chi connectivity index (χ2v) is 10.1. The van der Waals surface area contributed by atoms with Gasteiger partial charge >= 0.3 is 0 Å². The predicted molar refractivity (Wildman–Crippen MR) is 71.3 cm³/mol. The van der Waals surface area contributed by atoms with Gasteiger partial charge in [-0.3, -0.25) is 4.99 Å². The average Bonchev–Trinajstić information content (AvgIpc) is 2.01. The van der Waals surface area contributed by atoms with Crippen molar-refractivity contribution in [1.29, 1.82) is 0 Å². The number of nitrogens with zero attached hydrogens (tertiary/aromatic N) is 1. The van der Waals surface area contributed by atoms with Gasteiger partial charge in [0.05, 0.1) is 12.6 Å². The molecule has 0 N–H and O–H groups in total. The lowest BCUT2D eigenvalue weighted by molar-refractivity contribution is 0.263. The van der Waals surface area contributed by atoms with E-state index in [1.54, 1.807) is 6.08 Å². The van der Waals surface area contributed by atoms with Gasteiger partial charge in [-0.25, -0.2) is 0 Å². The number of rotatable bonds is 5. The molecule has 0 spiro atoms. The molecule has 0 rings (SSSR count). The second-order valence-electron chi connectivity index (χ2n) is 5.39. The Morgan fingerprint density at radius 3 is 2.33 bits per heavy atom. The van der Waals surface area contributed by atoms with Gasteiger partial charge in [-0.1, -0.05) is 26.8 Å². The summed E-state index contributed by atoms with van der Waals surface area (Å²) in [6.45, 7) is 17.6. The van der Waals surface area contributed by atoms with Gasteiger partial charge < -0.3 is 4.43 Å². The van der Waals surface area contributed by atoms with Crippen molar-refractivity contribution in [3.05, 3.63) is 12.7 Å². The Kier molecular flexibility index (Phi) is 5.46. The smallest absolute Gasteiger partial charge is 0.192 e. The Labute approximate surface area is 95.6 Å². The van der Waals surface area contributed by atoms with Crippen LogP contribution >= 0.6 is 0 Å². The van der Waals surface area contributed by atoms with E-state index < -0.39 is 8.32 Å². The van der Waals surface area contributed by atoms with E-state index in [-0.39, 0.29) is 11.1 Å². The van der Waals surface area contributed by atoms with Gasteiger partial charge in [0.25, 0.3) is 0 Å². The highest BCUT2D eigenvalue weighted by molar-refractivity contribution is 6.74. The topological polar surface area (TPSA) is 21.6 Å². The monoisotopic (exact) mass is 227 g/mol. The summed E-state index contributed by atoms with van der Waals surface area (Å²) in [5.41, 5.74) is 0. The zero-order chi connectivity index (χ0) is 12.1. The molecule has 0 aliphatic rings. The van der Waals surface area contributed by atoms with Crippen molar-refractivity contribution in [2.75, 3.05) is 6.54 Å². The minimum atomic E-state index is -1.65. The predicted octanol–water partition coefficient (Wildman–Crippen LogP) is 3.65. The highest BCUT2D eigenvalue weighted by Gasteiger charge is 2.38. The van der Waals surface area contributed by atoms with Crippen molar-refractivity contribution < 1.29 is 4.43 Å². The Hall–Kier alpha value is -0.413. The van der Waals surface area contributed by atoms with Gasteiger partial charge in [0.2, 0.25) is 0 Å². The Balaban J connectivity index is 4.28. The van der Waals surface area contributed by atoms with E-state index in [0.717, 1.165) is 0 Å². The first-order valence-corrected chi connectivity index (χ1v) is 8.40. The molecule has 0 unspecified atom stereocenters. The van der Waals surface area contributed by atoms with Gasteiger partial charge in [0, 0.05) is 6.21 Å². The molecule has 0 aliphatic heterocycles. The van der Waals surface area contributed by atoms with Crippen LogP contribution in [0.15, 0.2) is 17.6 Å². The van der Waals surface area contributed by atoms with Crippen LogP contribution < -0.4 is 0 Å². The fourth-order valence-electron chi connectivity index (χ4n) is 0.956. The maximum atomic E-state index is 6.10. The number of hydrogen-bond acceptors (Lipinski definition) is 2. The van der Waals surface area contributed by atoms with Crippen LogP contribution in [0.5, 0.6) is 0 Å². The van der Waals surface area contributed by atoms with Crippen molar-refractivity contribution in [2.24, 2.45) is 4.99 Å². The summed E-state index contributed by atoms with van der Waals surface area (Å²) < 4.78 is 6.10. The molecular formula is C12H25NOSi. The Morgan fingerprint density at radius 1 is 1.40 bits per heavy atom. The Morgan fingerprint density at radius 2 is 1.93 bits per heavy atom. The summed E-state index contributed by atoms with van der Waals surface area (Å²) in [5.74, 6) is 0. The lowest BCUT2D eigenvalue weighted by Crippen LogP contribution is -2.43. The van der Waals surface area contributed by atoms with E-state index in [9.17, 15) is 0 Å². The van der Waals surface area contributed by atoms with Gasteiger partial charge in [0.15, 0.2) is 8.32 Å². The third kappa shape index (κ3) is 5.28. The first kappa shape index (κ1) is 14.6. The van der Waals surface area contributed by atoms with Crippen molar-refractivity contribution >= 4 is 14.5 Å². The Bertz CT molecular complexity index is 228. The molecule has 0 saturated carbocycles. The molecule has 1 atom stereocenters. The van der Waals surface area contributed by atoms with Gasteiger partial charge in [-0.15, -0.1) is 6.58 Å². The van der Waals surface area contributed by atoms with Crippen molar-refractivity contribution in [1.82, 2.24) is 0 Å². The maximum absolute atomic E-state index is 6.10. The minimum absolute atomic E-state index is 0.103. The molecule has 0 saturated heterocycles. The molecule has 0 aromatic carbocycles. The summed E-state index contributed by atoms with van der Waals surface area (Å²) in [7, 11) is -1.65. The fourth-order valence-corrected chi connectivity index (χ4v) is 2.30. The molecule has 0 aliphatic carbocycles. The molecule has 0 radical (unpaired) electrons. The summed E-state index contributed by atoms with van der Waals surface area (Å²) in [5, 5.41) is 0.257. The standard InChI is InChI=1S/C12H25NOSi/c1-8-9-13-10-11(2)14-15(6,7)12(3,4)5/h8,10-11H,1,9H2,2-7H3/t11-/m0/s1. The van der Waals surface area contributed by atoms with E-state index in [2.05, 4.69) is 45.4 Å². The van der Waals surface area contributed by atoms with Crippen LogP contribution in [0.2, 0.25) is 18.1 Å². The molecule has 2 nitrogen and oxygen atoms in total. The molecule has 0 aromatic heterocycles. The lowest BCUT2D eigenvalue weighted by Gasteiger charge is -2.37. The van der Waals surface area contributed by atoms with Crippen LogP contribution in [0.25, 0.3) is 0 Å². The summed E-state index contributed by atoms with van der Waals surface area (Å²) in [6.07, 6.45) is 3.77. The molecule has 0 fully saturated rings. The minimum Gasteiger partial charge on any atom is -0.409 e. The van der Waals surface area contributed by atoms with Crippen molar-refractivity contribution in [3.63, 3.8) is 0 Å². The highest BCUT2D eigenvalue weighted by atomic mass is 28.4. The normalized spacial score (nSPS) is 15.6. The zero-order valence-corrected chi connectivity index (χ0v) is 12.0. The third-order valence-corrected chi connectivity index (χ3v) is 7.41.